The Bertz CT molecular complexity index is 445. The molecule has 6 heteroatoms. The van der Waals surface area contributed by atoms with E-state index in [1.807, 2.05) is 13.8 Å². The first-order chi connectivity index (χ1) is 8.23. The predicted molar refractivity (Wildman–Crippen MR) is 64.7 cm³/mol. The predicted octanol–water partition coefficient (Wildman–Crippen LogP) is 3.92. The average molecular weight is 279 g/mol. The second-order valence-electron chi connectivity index (χ2n) is 5.12. The summed E-state index contributed by atoms with van der Waals surface area (Å²) >= 11 is 6.05. The van der Waals surface area contributed by atoms with Crippen LogP contribution in [0.2, 0.25) is 0 Å². The SMILES string of the molecule is CC1(C)C(Cl)CC1Nc1ncccc1C(F)(F)F. The zero-order chi connectivity index (χ0) is 13.6. The minimum absolute atomic E-state index is 0.0203. The van der Waals surface area contributed by atoms with Gasteiger partial charge in [-0.2, -0.15) is 13.2 Å². The molecule has 1 N–H and O–H groups in total. The van der Waals surface area contributed by atoms with Gasteiger partial charge in [-0.1, -0.05) is 13.8 Å². The van der Waals surface area contributed by atoms with Crippen LogP contribution in [-0.2, 0) is 6.18 Å². The molecule has 1 aromatic rings. The number of nitrogens with one attached hydrogen (secondary N) is 1. The lowest BCUT2D eigenvalue weighted by Gasteiger charge is -2.49. The van der Waals surface area contributed by atoms with Crippen molar-refractivity contribution >= 4 is 17.4 Å². The Kier molecular flexibility index (Phi) is 3.21. The van der Waals surface area contributed by atoms with Gasteiger partial charge >= 0.3 is 6.18 Å². The van der Waals surface area contributed by atoms with E-state index in [1.54, 1.807) is 0 Å². The molecule has 18 heavy (non-hydrogen) atoms. The van der Waals surface area contributed by atoms with Gasteiger partial charge in [-0.25, -0.2) is 4.98 Å². The minimum Gasteiger partial charge on any atom is -0.366 e. The second-order valence-corrected chi connectivity index (χ2v) is 5.65. The van der Waals surface area contributed by atoms with Crippen LogP contribution in [-0.4, -0.2) is 16.4 Å². The zero-order valence-corrected chi connectivity index (χ0v) is 10.8. The maximum absolute atomic E-state index is 12.8. The topological polar surface area (TPSA) is 24.9 Å². The number of pyridine rings is 1. The fourth-order valence-electron chi connectivity index (χ4n) is 2.03. The second kappa shape index (κ2) is 4.30. The molecule has 0 spiro atoms. The third-order valence-electron chi connectivity index (χ3n) is 3.57. The molecular formula is C12H14ClF3N2. The van der Waals surface area contributed by atoms with Gasteiger partial charge in [0.15, 0.2) is 0 Å². The van der Waals surface area contributed by atoms with Crippen molar-refractivity contribution in [2.24, 2.45) is 5.41 Å². The zero-order valence-electron chi connectivity index (χ0n) is 10.1. The average Bonchev–Trinajstić information content (AvgIpc) is 2.28. The molecule has 1 fully saturated rings. The number of alkyl halides is 4. The number of hydrogen-bond donors (Lipinski definition) is 1. The summed E-state index contributed by atoms with van der Waals surface area (Å²) in [6.45, 7) is 3.87. The summed E-state index contributed by atoms with van der Waals surface area (Å²) in [6.07, 6.45) is -2.41. The summed E-state index contributed by atoms with van der Waals surface area (Å²) in [5, 5.41) is 2.84. The summed E-state index contributed by atoms with van der Waals surface area (Å²) < 4.78 is 38.4. The normalized spacial score (nSPS) is 26.6. The Hall–Kier alpha value is -0.970. The highest BCUT2D eigenvalue weighted by Crippen LogP contribution is 2.46. The molecule has 1 aliphatic carbocycles. The summed E-state index contributed by atoms with van der Waals surface area (Å²) in [5.41, 5.74) is -0.971. The first-order valence-electron chi connectivity index (χ1n) is 5.65. The number of nitrogens with zero attached hydrogens (tertiary/aromatic N) is 1. The van der Waals surface area contributed by atoms with Gasteiger partial charge in [0.05, 0.1) is 5.56 Å². The highest BCUT2D eigenvalue weighted by atomic mass is 35.5. The van der Waals surface area contributed by atoms with Crippen molar-refractivity contribution in [2.75, 3.05) is 5.32 Å². The molecule has 0 radical (unpaired) electrons. The van der Waals surface area contributed by atoms with Crippen LogP contribution < -0.4 is 5.32 Å². The van der Waals surface area contributed by atoms with Crippen molar-refractivity contribution in [1.29, 1.82) is 0 Å². The van der Waals surface area contributed by atoms with Crippen molar-refractivity contribution in [1.82, 2.24) is 4.98 Å². The largest absolute Gasteiger partial charge is 0.419 e. The maximum Gasteiger partial charge on any atom is 0.419 e. The van der Waals surface area contributed by atoms with Gasteiger partial charge in [-0.15, -0.1) is 11.6 Å². The summed E-state index contributed by atoms with van der Waals surface area (Å²) in [7, 11) is 0. The van der Waals surface area contributed by atoms with Crippen molar-refractivity contribution in [3.05, 3.63) is 23.9 Å². The van der Waals surface area contributed by atoms with Gasteiger partial charge in [0.1, 0.15) is 5.82 Å². The Labute approximate surface area is 109 Å². The van der Waals surface area contributed by atoms with Gasteiger partial charge in [-0.3, -0.25) is 0 Å². The lowest BCUT2D eigenvalue weighted by molar-refractivity contribution is -0.137. The first kappa shape index (κ1) is 13.5. The summed E-state index contributed by atoms with van der Waals surface area (Å²) in [6, 6.07) is 2.22. The molecule has 2 unspecified atom stereocenters. The van der Waals surface area contributed by atoms with Crippen molar-refractivity contribution in [3.63, 3.8) is 0 Å². The van der Waals surface area contributed by atoms with E-state index in [9.17, 15) is 13.2 Å². The van der Waals surface area contributed by atoms with Crippen LogP contribution in [0.15, 0.2) is 18.3 Å². The van der Waals surface area contributed by atoms with Gasteiger partial charge in [0, 0.05) is 23.0 Å². The molecule has 100 valence electrons. The van der Waals surface area contributed by atoms with Crippen molar-refractivity contribution < 1.29 is 13.2 Å². The van der Waals surface area contributed by atoms with E-state index in [0.717, 1.165) is 6.07 Å². The highest BCUT2D eigenvalue weighted by Gasteiger charge is 2.48. The van der Waals surface area contributed by atoms with Gasteiger partial charge in [0.25, 0.3) is 0 Å². The van der Waals surface area contributed by atoms with E-state index in [0.29, 0.717) is 6.42 Å². The fourth-order valence-corrected chi connectivity index (χ4v) is 2.36. The lowest BCUT2D eigenvalue weighted by Crippen LogP contribution is -2.54. The van der Waals surface area contributed by atoms with Gasteiger partial charge < -0.3 is 5.32 Å². The first-order valence-corrected chi connectivity index (χ1v) is 6.09. The van der Waals surface area contributed by atoms with Crippen LogP contribution in [0.3, 0.4) is 0 Å². The third kappa shape index (κ3) is 2.28. The van der Waals surface area contributed by atoms with Crippen LogP contribution >= 0.6 is 11.6 Å². The van der Waals surface area contributed by atoms with E-state index >= 15 is 0 Å². The molecule has 2 nitrogen and oxygen atoms in total. The molecule has 1 saturated carbocycles. The van der Waals surface area contributed by atoms with Crippen molar-refractivity contribution in [2.45, 2.75) is 37.9 Å². The van der Waals surface area contributed by atoms with Gasteiger partial charge in [-0.05, 0) is 18.6 Å². The van der Waals surface area contributed by atoms with Crippen molar-refractivity contribution in [3.8, 4) is 0 Å². The quantitative estimate of drug-likeness (QED) is 0.830. The van der Waals surface area contributed by atoms with E-state index in [-0.39, 0.29) is 22.7 Å². The minimum atomic E-state index is -4.40. The Morgan fingerprint density at radius 1 is 1.44 bits per heavy atom. The Morgan fingerprint density at radius 2 is 2.11 bits per heavy atom. The Balaban J connectivity index is 2.21. The third-order valence-corrected chi connectivity index (χ3v) is 4.31. The monoisotopic (exact) mass is 278 g/mol. The van der Waals surface area contributed by atoms with E-state index in [1.165, 1.54) is 12.3 Å². The molecule has 0 amide bonds. The molecule has 0 aliphatic heterocycles. The van der Waals surface area contributed by atoms with E-state index < -0.39 is 11.7 Å². The number of aromatic nitrogens is 1. The fraction of sp³-hybridized carbons (Fsp3) is 0.583. The van der Waals surface area contributed by atoms with Crippen LogP contribution in [0.1, 0.15) is 25.8 Å². The molecule has 2 rings (SSSR count). The molecule has 1 aromatic heterocycles. The summed E-state index contributed by atoms with van der Waals surface area (Å²) in [4.78, 5) is 3.78. The molecule has 1 aliphatic rings. The molecule has 2 atom stereocenters. The lowest BCUT2D eigenvalue weighted by atomic mass is 9.67. The number of hydrogen-bond acceptors (Lipinski definition) is 2. The number of anilines is 1. The number of rotatable bonds is 2. The standard InChI is InChI=1S/C12H14ClF3N2/c1-11(2)8(13)6-9(11)18-10-7(12(14,15)16)4-3-5-17-10/h3-5,8-9H,6H2,1-2H3,(H,17,18). The maximum atomic E-state index is 12.8. The van der Waals surface area contributed by atoms with Crippen LogP contribution in [0.4, 0.5) is 19.0 Å². The van der Waals surface area contributed by atoms with Crippen LogP contribution in [0.25, 0.3) is 0 Å². The molecule has 0 saturated heterocycles. The molecule has 0 bridgehead atoms. The highest BCUT2D eigenvalue weighted by molar-refractivity contribution is 6.21. The van der Waals surface area contributed by atoms with Gasteiger partial charge in [0.2, 0.25) is 0 Å². The summed E-state index contributed by atoms with van der Waals surface area (Å²) in [5.74, 6) is -0.119. The molecular weight excluding hydrogens is 265 g/mol. The van der Waals surface area contributed by atoms with Crippen LogP contribution in [0.5, 0.6) is 0 Å². The Morgan fingerprint density at radius 3 is 2.61 bits per heavy atom. The van der Waals surface area contributed by atoms with Crippen LogP contribution in [0, 0.1) is 5.41 Å². The molecule has 0 aromatic carbocycles. The van der Waals surface area contributed by atoms with E-state index in [4.69, 9.17) is 11.6 Å². The van der Waals surface area contributed by atoms with E-state index in [2.05, 4.69) is 10.3 Å². The molecule has 1 heterocycles. The number of halogens is 4. The smallest absolute Gasteiger partial charge is 0.366 e.